The summed E-state index contributed by atoms with van der Waals surface area (Å²) < 4.78 is 5.58. The summed E-state index contributed by atoms with van der Waals surface area (Å²) in [4.78, 5) is 12.2. The van der Waals surface area contributed by atoms with Gasteiger partial charge in [0.2, 0.25) is 0 Å². The maximum Gasteiger partial charge on any atom is 0.136 e. The minimum Gasteiger partial charge on any atom is -0.378 e. The van der Waals surface area contributed by atoms with E-state index in [4.69, 9.17) is 4.74 Å². The molecule has 2 nitrogen and oxygen atoms in total. The third kappa shape index (κ3) is 3.80. The van der Waals surface area contributed by atoms with Crippen LogP contribution in [0.4, 0.5) is 0 Å². The molecule has 1 aliphatic carbocycles. The number of rotatable bonds is 4. The molecular formula is C15H26O2. The van der Waals surface area contributed by atoms with Crippen LogP contribution < -0.4 is 0 Å². The fraction of sp³-hybridized carbons (Fsp3) is 0.933. The molecule has 0 bridgehead atoms. The first-order valence-electron chi connectivity index (χ1n) is 7.29. The zero-order chi connectivity index (χ0) is 12.3. The Bertz CT molecular complexity index is 246. The molecule has 0 aromatic carbocycles. The van der Waals surface area contributed by atoms with Crippen molar-refractivity contribution >= 4 is 5.78 Å². The van der Waals surface area contributed by atoms with Crippen molar-refractivity contribution in [3.05, 3.63) is 0 Å². The number of Topliss-reactive ketones (excluding diaryl/α,β-unsaturated/α-hetero) is 1. The first kappa shape index (κ1) is 13.1. The number of ketones is 1. The molecule has 2 heteroatoms. The van der Waals surface area contributed by atoms with Crippen LogP contribution >= 0.6 is 0 Å². The first-order chi connectivity index (χ1) is 8.15. The molecule has 2 aliphatic rings. The lowest BCUT2D eigenvalue weighted by Crippen LogP contribution is -2.26. The van der Waals surface area contributed by atoms with Crippen molar-refractivity contribution in [1.29, 1.82) is 0 Å². The molecular weight excluding hydrogens is 212 g/mol. The molecule has 17 heavy (non-hydrogen) atoms. The topological polar surface area (TPSA) is 26.3 Å². The van der Waals surface area contributed by atoms with Crippen molar-refractivity contribution < 1.29 is 9.53 Å². The Hall–Kier alpha value is -0.370. The summed E-state index contributed by atoms with van der Waals surface area (Å²) in [6.45, 7) is 5.47. The van der Waals surface area contributed by atoms with E-state index in [1.54, 1.807) is 0 Å². The van der Waals surface area contributed by atoms with Gasteiger partial charge in [-0.15, -0.1) is 0 Å². The molecule has 1 aliphatic heterocycles. The summed E-state index contributed by atoms with van der Waals surface area (Å²) in [5, 5.41) is 0. The Balaban J connectivity index is 1.74. The van der Waals surface area contributed by atoms with E-state index in [1.807, 2.05) is 0 Å². The van der Waals surface area contributed by atoms with E-state index in [-0.39, 0.29) is 0 Å². The summed E-state index contributed by atoms with van der Waals surface area (Å²) in [6.07, 6.45) is 7.95. The molecule has 2 rings (SSSR count). The Morgan fingerprint density at radius 1 is 1.18 bits per heavy atom. The molecule has 2 fully saturated rings. The highest BCUT2D eigenvalue weighted by Crippen LogP contribution is 2.34. The van der Waals surface area contributed by atoms with Gasteiger partial charge in [-0.25, -0.2) is 0 Å². The normalized spacial score (nSPS) is 38.2. The zero-order valence-corrected chi connectivity index (χ0v) is 11.3. The Morgan fingerprint density at radius 2 is 1.88 bits per heavy atom. The highest BCUT2D eigenvalue weighted by molar-refractivity contribution is 5.81. The van der Waals surface area contributed by atoms with Crippen molar-refractivity contribution in [1.82, 2.24) is 0 Å². The summed E-state index contributed by atoms with van der Waals surface area (Å²) in [5.74, 6) is 2.31. The largest absolute Gasteiger partial charge is 0.378 e. The van der Waals surface area contributed by atoms with Crippen LogP contribution in [0.2, 0.25) is 0 Å². The van der Waals surface area contributed by atoms with E-state index in [0.717, 1.165) is 50.5 Å². The fourth-order valence-corrected chi connectivity index (χ4v) is 3.59. The van der Waals surface area contributed by atoms with Gasteiger partial charge in [-0.2, -0.15) is 0 Å². The second-order valence-corrected chi connectivity index (χ2v) is 6.25. The second-order valence-electron chi connectivity index (χ2n) is 6.25. The third-order valence-corrected chi connectivity index (χ3v) is 4.37. The van der Waals surface area contributed by atoms with Gasteiger partial charge in [-0.1, -0.05) is 13.8 Å². The quantitative estimate of drug-likeness (QED) is 0.748. The minimum atomic E-state index is 0.343. The zero-order valence-electron chi connectivity index (χ0n) is 11.3. The molecule has 1 saturated heterocycles. The van der Waals surface area contributed by atoms with Gasteiger partial charge in [0.25, 0.3) is 0 Å². The monoisotopic (exact) mass is 238 g/mol. The molecule has 0 aromatic rings. The van der Waals surface area contributed by atoms with Crippen LogP contribution in [0.5, 0.6) is 0 Å². The molecule has 1 saturated carbocycles. The predicted molar refractivity (Wildman–Crippen MR) is 68.9 cm³/mol. The van der Waals surface area contributed by atoms with Crippen LogP contribution in [0, 0.1) is 17.8 Å². The van der Waals surface area contributed by atoms with Crippen molar-refractivity contribution in [2.75, 3.05) is 6.61 Å². The van der Waals surface area contributed by atoms with Crippen molar-refractivity contribution in [2.24, 2.45) is 17.8 Å². The molecule has 0 spiro atoms. The Labute approximate surface area is 105 Å². The van der Waals surface area contributed by atoms with Gasteiger partial charge >= 0.3 is 0 Å². The van der Waals surface area contributed by atoms with Crippen LogP contribution in [-0.4, -0.2) is 18.5 Å². The van der Waals surface area contributed by atoms with Gasteiger partial charge in [-0.3, -0.25) is 4.79 Å². The fourth-order valence-electron chi connectivity index (χ4n) is 3.59. The first-order valence-corrected chi connectivity index (χ1v) is 7.29. The molecule has 3 atom stereocenters. The molecule has 0 amide bonds. The highest BCUT2D eigenvalue weighted by atomic mass is 16.5. The van der Waals surface area contributed by atoms with E-state index in [2.05, 4.69) is 13.8 Å². The van der Waals surface area contributed by atoms with Crippen molar-refractivity contribution in [3.63, 3.8) is 0 Å². The molecule has 0 aromatic heterocycles. The van der Waals surface area contributed by atoms with Gasteiger partial charge in [0.05, 0.1) is 6.10 Å². The lowest BCUT2D eigenvalue weighted by atomic mass is 9.74. The Morgan fingerprint density at radius 3 is 2.47 bits per heavy atom. The Kier molecular flexibility index (Phi) is 4.61. The summed E-state index contributed by atoms with van der Waals surface area (Å²) in [6, 6.07) is 0. The minimum absolute atomic E-state index is 0.343. The van der Waals surface area contributed by atoms with Crippen LogP contribution in [0.15, 0.2) is 0 Å². The van der Waals surface area contributed by atoms with Gasteiger partial charge in [0.15, 0.2) is 0 Å². The number of hydrogen-bond donors (Lipinski definition) is 0. The molecule has 0 N–H and O–H groups in total. The van der Waals surface area contributed by atoms with Gasteiger partial charge in [0.1, 0.15) is 5.78 Å². The van der Waals surface area contributed by atoms with Crippen LogP contribution in [0.3, 0.4) is 0 Å². The van der Waals surface area contributed by atoms with Gasteiger partial charge in [0, 0.05) is 18.9 Å². The molecule has 1 heterocycles. The molecule has 3 unspecified atom stereocenters. The van der Waals surface area contributed by atoms with E-state index >= 15 is 0 Å². The number of hydrogen-bond acceptors (Lipinski definition) is 2. The standard InChI is InChI=1S/C15H26O2/c1-11-8-12(2)10-13(9-11)15(16)6-5-14-4-3-7-17-14/h11-14H,3-10H2,1-2H3. The van der Waals surface area contributed by atoms with Crippen LogP contribution in [-0.2, 0) is 9.53 Å². The second kappa shape index (κ2) is 5.99. The average molecular weight is 238 g/mol. The van der Waals surface area contributed by atoms with Gasteiger partial charge in [-0.05, 0) is 50.4 Å². The van der Waals surface area contributed by atoms with E-state index in [1.165, 1.54) is 12.8 Å². The number of carbonyl (C=O) groups excluding carboxylic acids is 1. The number of carbonyl (C=O) groups is 1. The summed E-state index contributed by atoms with van der Waals surface area (Å²) >= 11 is 0. The number of ether oxygens (including phenoxy) is 1. The predicted octanol–water partition coefficient (Wildman–Crippen LogP) is 3.59. The van der Waals surface area contributed by atoms with E-state index in [0.29, 0.717) is 17.8 Å². The van der Waals surface area contributed by atoms with E-state index < -0.39 is 0 Å². The smallest absolute Gasteiger partial charge is 0.136 e. The lowest BCUT2D eigenvalue weighted by molar-refractivity contribution is -0.125. The average Bonchev–Trinajstić information content (AvgIpc) is 2.77. The molecule has 98 valence electrons. The molecule has 0 radical (unpaired) electrons. The lowest BCUT2D eigenvalue weighted by Gasteiger charge is -2.30. The SMILES string of the molecule is CC1CC(C)CC(C(=O)CCC2CCCO2)C1. The van der Waals surface area contributed by atoms with Crippen LogP contribution in [0.1, 0.15) is 58.8 Å². The van der Waals surface area contributed by atoms with Gasteiger partial charge < -0.3 is 4.74 Å². The maximum absolute atomic E-state index is 12.2. The van der Waals surface area contributed by atoms with Crippen molar-refractivity contribution in [2.45, 2.75) is 64.9 Å². The highest BCUT2D eigenvalue weighted by Gasteiger charge is 2.29. The van der Waals surface area contributed by atoms with E-state index in [9.17, 15) is 4.79 Å². The van der Waals surface area contributed by atoms with Crippen molar-refractivity contribution in [3.8, 4) is 0 Å². The maximum atomic E-state index is 12.2. The van der Waals surface area contributed by atoms with Crippen LogP contribution in [0.25, 0.3) is 0 Å². The summed E-state index contributed by atoms with van der Waals surface area (Å²) in [7, 11) is 0. The third-order valence-electron chi connectivity index (χ3n) is 4.37. The summed E-state index contributed by atoms with van der Waals surface area (Å²) in [5.41, 5.74) is 0.